The van der Waals surface area contributed by atoms with Gasteiger partial charge in [-0.15, -0.1) is 6.58 Å². The summed E-state index contributed by atoms with van der Waals surface area (Å²) in [7, 11) is 1.00. The number of benzene rings is 1. The van der Waals surface area contributed by atoms with Crippen LogP contribution in [-0.2, 0) is 0 Å². The minimum absolute atomic E-state index is 0.722. The van der Waals surface area contributed by atoms with E-state index in [1.807, 2.05) is 24.3 Å². The molecule has 0 saturated heterocycles. The van der Waals surface area contributed by atoms with Crippen molar-refractivity contribution < 1.29 is 5.11 Å². The van der Waals surface area contributed by atoms with Crippen molar-refractivity contribution >= 4 is 0 Å². The van der Waals surface area contributed by atoms with Crippen LogP contribution in [0.25, 0.3) is 0 Å². The van der Waals surface area contributed by atoms with Crippen LogP contribution in [0.5, 0.6) is 0 Å². The zero-order chi connectivity index (χ0) is 20.0. The van der Waals surface area contributed by atoms with Gasteiger partial charge in [-0.25, -0.2) is 0 Å². The molecule has 0 unspecified atom stereocenters. The average molecular weight is 337 g/mol. The van der Waals surface area contributed by atoms with Crippen molar-refractivity contribution in [1.29, 1.82) is 0 Å². The van der Waals surface area contributed by atoms with Crippen LogP contribution in [0.4, 0.5) is 0 Å². The molecule has 1 rings (SSSR count). The smallest absolute Gasteiger partial charge is 0.0319 e. The van der Waals surface area contributed by atoms with Gasteiger partial charge in [-0.2, -0.15) is 0 Å². The quantitative estimate of drug-likeness (QED) is 0.551. The molecule has 0 bridgehead atoms. The first kappa shape index (κ1) is 30.5. The van der Waals surface area contributed by atoms with Crippen LogP contribution in [0.1, 0.15) is 73.8 Å². The van der Waals surface area contributed by atoms with E-state index in [0.29, 0.717) is 0 Å². The summed E-state index contributed by atoms with van der Waals surface area (Å²) in [5, 5.41) is 7.00. The van der Waals surface area contributed by atoms with E-state index in [1.165, 1.54) is 23.1 Å². The summed E-state index contributed by atoms with van der Waals surface area (Å²) in [6, 6.07) is 10.3. The fourth-order valence-electron chi connectivity index (χ4n) is 1.11. The van der Waals surface area contributed by atoms with Crippen LogP contribution in [0.15, 0.2) is 54.1 Å². The highest BCUT2D eigenvalue weighted by molar-refractivity contribution is 5.11. The third-order valence-corrected chi connectivity index (χ3v) is 2.88. The maximum Gasteiger partial charge on any atom is 0.0319 e. The number of allylic oxidation sites excluding steroid dienone is 3. The molecule has 0 radical (unpaired) electrons. The highest BCUT2D eigenvalue weighted by atomic mass is 16.2. The molecule has 0 aliphatic rings. The lowest BCUT2D eigenvalue weighted by molar-refractivity contribution is 0.399. The summed E-state index contributed by atoms with van der Waals surface area (Å²) in [4.78, 5) is 0. The Labute approximate surface area is 153 Å². The second-order valence-corrected chi connectivity index (χ2v) is 5.90. The fraction of sp³-hybridized carbons (Fsp3) is 0.565. The van der Waals surface area contributed by atoms with Crippen molar-refractivity contribution in [2.75, 3.05) is 7.11 Å². The van der Waals surface area contributed by atoms with Crippen LogP contribution in [-0.4, -0.2) is 12.2 Å². The Hall–Kier alpha value is -1.34. The van der Waals surface area contributed by atoms with Gasteiger partial charge in [0.1, 0.15) is 0 Å². The molecule has 0 spiro atoms. The Balaban J connectivity index is -0.000000114. The summed E-state index contributed by atoms with van der Waals surface area (Å²) in [6.45, 7) is 22.8. The van der Waals surface area contributed by atoms with Crippen molar-refractivity contribution in [2.45, 2.75) is 75.2 Å². The van der Waals surface area contributed by atoms with Gasteiger partial charge >= 0.3 is 0 Å². The van der Waals surface area contributed by atoms with Crippen LogP contribution >= 0.6 is 0 Å². The van der Waals surface area contributed by atoms with Gasteiger partial charge in [0.15, 0.2) is 0 Å². The third-order valence-electron chi connectivity index (χ3n) is 2.88. The summed E-state index contributed by atoms with van der Waals surface area (Å²) in [5.41, 5.74) is 4.30. The van der Waals surface area contributed by atoms with Gasteiger partial charge in [0.25, 0.3) is 0 Å². The van der Waals surface area contributed by atoms with Gasteiger partial charge in [0, 0.05) is 7.11 Å². The Kier molecular flexibility index (Phi) is 33.8. The zero-order valence-corrected chi connectivity index (χ0v) is 18.1. The summed E-state index contributed by atoms with van der Waals surface area (Å²) >= 11 is 0. The van der Waals surface area contributed by atoms with Gasteiger partial charge in [0.05, 0.1) is 0 Å². The molecular formula is C23H44O. The number of rotatable bonds is 2. The van der Waals surface area contributed by atoms with Crippen molar-refractivity contribution in [1.82, 2.24) is 0 Å². The molecular weight excluding hydrogens is 292 g/mol. The highest BCUT2D eigenvalue weighted by Crippen LogP contribution is 2.11. The van der Waals surface area contributed by atoms with Crippen LogP contribution in [0, 0.1) is 12.8 Å². The molecule has 0 amide bonds. The van der Waals surface area contributed by atoms with Gasteiger partial charge in [-0.1, -0.05) is 94.2 Å². The van der Waals surface area contributed by atoms with Gasteiger partial charge in [-0.05, 0) is 40.0 Å². The lowest BCUT2D eigenvalue weighted by Gasteiger charge is -2.05. The predicted molar refractivity (Wildman–Crippen MR) is 115 cm³/mol. The SMILES string of the molecule is C=CCC.CC(C)=C(C)C(C)C.CCC.CO.Cc1ccccc1. The normalized spacial score (nSPS) is 7.83. The average Bonchev–Trinajstić information content (AvgIpc) is 2.58. The number of aryl methyl sites for hydroxylation is 1. The molecule has 1 heteroatoms. The zero-order valence-electron chi connectivity index (χ0n) is 18.1. The molecule has 0 aliphatic heterocycles. The van der Waals surface area contributed by atoms with E-state index in [0.717, 1.165) is 19.4 Å². The topological polar surface area (TPSA) is 20.2 Å². The molecule has 1 N–H and O–H groups in total. The van der Waals surface area contributed by atoms with E-state index in [1.54, 1.807) is 0 Å². The Morgan fingerprint density at radius 2 is 1.33 bits per heavy atom. The minimum atomic E-state index is 0.722. The Bertz CT molecular complexity index is 357. The number of aliphatic hydroxyl groups excluding tert-OH is 1. The first-order valence-electron chi connectivity index (χ1n) is 8.99. The second kappa shape index (κ2) is 26.6. The monoisotopic (exact) mass is 336 g/mol. The molecule has 0 aromatic heterocycles. The first-order valence-corrected chi connectivity index (χ1v) is 8.99. The van der Waals surface area contributed by atoms with Gasteiger partial charge in [0.2, 0.25) is 0 Å². The molecule has 1 aromatic carbocycles. The maximum absolute atomic E-state index is 7.00. The molecule has 0 heterocycles. The molecule has 0 saturated carbocycles. The predicted octanol–water partition coefficient (Wildman–Crippen LogP) is 7.60. The fourth-order valence-corrected chi connectivity index (χ4v) is 1.11. The van der Waals surface area contributed by atoms with Crippen molar-refractivity contribution in [3.63, 3.8) is 0 Å². The van der Waals surface area contributed by atoms with Crippen LogP contribution in [0.3, 0.4) is 0 Å². The Morgan fingerprint density at radius 1 is 1.00 bits per heavy atom. The van der Waals surface area contributed by atoms with E-state index in [2.05, 4.69) is 81.0 Å². The lowest BCUT2D eigenvalue weighted by atomic mass is 10.0. The van der Waals surface area contributed by atoms with Crippen molar-refractivity contribution in [2.24, 2.45) is 5.92 Å². The van der Waals surface area contributed by atoms with Crippen molar-refractivity contribution in [3.05, 3.63) is 59.7 Å². The van der Waals surface area contributed by atoms with Gasteiger partial charge in [-0.3, -0.25) is 0 Å². The van der Waals surface area contributed by atoms with E-state index in [9.17, 15) is 0 Å². The summed E-state index contributed by atoms with van der Waals surface area (Å²) in [6.07, 6.45) is 4.21. The van der Waals surface area contributed by atoms with Crippen molar-refractivity contribution in [3.8, 4) is 0 Å². The van der Waals surface area contributed by atoms with E-state index in [4.69, 9.17) is 5.11 Å². The third kappa shape index (κ3) is 32.6. The Morgan fingerprint density at radius 3 is 1.42 bits per heavy atom. The van der Waals surface area contributed by atoms with Crippen LogP contribution < -0.4 is 0 Å². The standard InChI is InChI=1S/C8H16.C7H8.C4H8.C3H8.CH4O/c1-6(2)8(5)7(3)4;1-7-5-3-2-4-6-7;1-3-4-2;1-3-2;1-2/h6H,1-5H3;2-6H,1H3;3H,1,4H2,2H3;3H2,1-2H3;2H,1H3. The largest absolute Gasteiger partial charge is 0.400 e. The van der Waals surface area contributed by atoms with E-state index in [-0.39, 0.29) is 0 Å². The first-order chi connectivity index (χ1) is 11.3. The minimum Gasteiger partial charge on any atom is -0.400 e. The summed E-state index contributed by atoms with van der Waals surface area (Å²) in [5.74, 6) is 0.722. The second-order valence-electron chi connectivity index (χ2n) is 5.90. The van der Waals surface area contributed by atoms with Gasteiger partial charge < -0.3 is 5.11 Å². The van der Waals surface area contributed by atoms with Crippen LogP contribution in [0.2, 0.25) is 0 Å². The lowest BCUT2D eigenvalue weighted by Crippen LogP contribution is -1.89. The molecule has 1 nitrogen and oxygen atoms in total. The molecule has 142 valence electrons. The number of aliphatic hydroxyl groups is 1. The maximum atomic E-state index is 7.00. The molecule has 24 heavy (non-hydrogen) atoms. The molecule has 0 fully saturated rings. The molecule has 0 atom stereocenters. The molecule has 0 aliphatic carbocycles. The van der Waals surface area contributed by atoms with E-state index < -0.39 is 0 Å². The summed E-state index contributed by atoms with van der Waals surface area (Å²) < 4.78 is 0. The van der Waals surface area contributed by atoms with E-state index >= 15 is 0 Å². The highest BCUT2D eigenvalue weighted by Gasteiger charge is 1.95. The molecule has 1 aromatic rings. The number of hydrogen-bond donors (Lipinski definition) is 1. The number of hydrogen-bond acceptors (Lipinski definition) is 1.